The number of ketones is 1. The van der Waals surface area contributed by atoms with Gasteiger partial charge in [-0.25, -0.2) is 0 Å². The molecule has 1 heterocycles. The van der Waals surface area contributed by atoms with E-state index in [4.69, 9.17) is 23.2 Å². The van der Waals surface area contributed by atoms with Crippen molar-refractivity contribution in [2.75, 3.05) is 5.32 Å². The molecule has 2 aromatic carbocycles. The van der Waals surface area contributed by atoms with E-state index < -0.39 is 5.41 Å². The number of fused-ring (bicyclic) bond motifs is 2. The van der Waals surface area contributed by atoms with E-state index in [-0.39, 0.29) is 29.4 Å². The topological polar surface area (TPSA) is 46.2 Å². The highest BCUT2D eigenvalue weighted by atomic mass is 35.5. The molecule has 0 radical (unpaired) electrons. The number of anilines is 1. The van der Waals surface area contributed by atoms with Crippen LogP contribution in [0.25, 0.3) is 0 Å². The fourth-order valence-corrected chi connectivity index (χ4v) is 5.42. The van der Waals surface area contributed by atoms with Crippen LogP contribution in [0.5, 0.6) is 0 Å². The second-order valence-electron chi connectivity index (χ2n) is 7.92. The molecule has 1 N–H and O–H groups in total. The number of rotatable bonds is 2. The van der Waals surface area contributed by atoms with E-state index in [1.165, 1.54) is 0 Å². The molecule has 140 valence electrons. The van der Waals surface area contributed by atoms with Crippen LogP contribution in [0.2, 0.25) is 10.0 Å². The Bertz CT molecular complexity index is 940. The van der Waals surface area contributed by atoms with Gasteiger partial charge in [-0.1, -0.05) is 55.2 Å². The van der Waals surface area contributed by atoms with Gasteiger partial charge in [0.15, 0.2) is 0 Å². The highest BCUT2D eigenvalue weighted by Crippen LogP contribution is 2.58. The molecule has 1 aliphatic carbocycles. The number of hydrogen-bond acceptors (Lipinski definition) is 2. The average molecular weight is 402 g/mol. The molecule has 0 unspecified atom stereocenters. The molecule has 4 rings (SSSR count). The molecule has 1 aliphatic heterocycles. The normalized spacial score (nSPS) is 27.1. The Morgan fingerprint density at radius 1 is 1.04 bits per heavy atom. The zero-order valence-electron chi connectivity index (χ0n) is 15.3. The second kappa shape index (κ2) is 6.65. The van der Waals surface area contributed by atoms with Gasteiger partial charge in [0.2, 0.25) is 5.91 Å². The lowest BCUT2D eigenvalue weighted by molar-refractivity contribution is -0.132. The molecule has 0 saturated heterocycles. The van der Waals surface area contributed by atoms with Gasteiger partial charge >= 0.3 is 0 Å². The molecular weight excluding hydrogens is 381 g/mol. The van der Waals surface area contributed by atoms with E-state index in [0.29, 0.717) is 22.9 Å². The van der Waals surface area contributed by atoms with Crippen molar-refractivity contribution in [1.82, 2.24) is 0 Å². The summed E-state index contributed by atoms with van der Waals surface area (Å²) in [5.41, 5.74) is 1.82. The maximum Gasteiger partial charge on any atom is 0.236 e. The molecule has 1 saturated carbocycles. The van der Waals surface area contributed by atoms with Gasteiger partial charge in [-0.3, -0.25) is 9.59 Å². The van der Waals surface area contributed by atoms with Crippen LogP contribution in [0, 0.1) is 11.8 Å². The lowest BCUT2D eigenvalue weighted by atomic mass is 9.53. The molecular formula is C22H21Cl2NO2. The van der Waals surface area contributed by atoms with Gasteiger partial charge in [0.05, 0.1) is 5.41 Å². The molecule has 1 fully saturated rings. The summed E-state index contributed by atoms with van der Waals surface area (Å²) in [7, 11) is 0. The van der Waals surface area contributed by atoms with Crippen LogP contribution in [-0.2, 0) is 15.0 Å². The average Bonchev–Trinajstić information content (AvgIpc) is 2.88. The molecule has 3 nitrogen and oxygen atoms in total. The highest BCUT2D eigenvalue weighted by molar-refractivity contribution is 6.31. The first-order valence-corrected chi connectivity index (χ1v) is 9.98. The van der Waals surface area contributed by atoms with Crippen molar-refractivity contribution in [3.8, 4) is 0 Å². The van der Waals surface area contributed by atoms with Gasteiger partial charge in [0, 0.05) is 34.5 Å². The summed E-state index contributed by atoms with van der Waals surface area (Å²) < 4.78 is 0. The van der Waals surface area contributed by atoms with Gasteiger partial charge < -0.3 is 5.32 Å². The molecule has 2 aromatic rings. The van der Waals surface area contributed by atoms with E-state index in [9.17, 15) is 9.59 Å². The van der Waals surface area contributed by atoms with Crippen LogP contribution in [0.1, 0.15) is 43.7 Å². The van der Waals surface area contributed by atoms with Crippen LogP contribution in [-0.4, -0.2) is 11.7 Å². The predicted molar refractivity (Wildman–Crippen MR) is 109 cm³/mol. The molecule has 0 aromatic heterocycles. The minimum atomic E-state index is -0.799. The highest BCUT2D eigenvalue weighted by Gasteiger charge is 2.60. The maximum absolute atomic E-state index is 13.5. The van der Waals surface area contributed by atoms with Gasteiger partial charge in [-0.2, -0.15) is 0 Å². The van der Waals surface area contributed by atoms with E-state index in [0.717, 1.165) is 16.8 Å². The van der Waals surface area contributed by atoms with Crippen LogP contribution in [0.4, 0.5) is 5.69 Å². The van der Waals surface area contributed by atoms with Crippen molar-refractivity contribution in [3.63, 3.8) is 0 Å². The van der Waals surface area contributed by atoms with E-state index >= 15 is 0 Å². The van der Waals surface area contributed by atoms with Crippen molar-refractivity contribution in [2.24, 2.45) is 11.8 Å². The molecule has 5 heteroatoms. The summed E-state index contributed by atoms with van der Waals surface area (Å²) in [6.45, 7) is 4.17. The van der Waals surface area contributed by atoms with Gasteiger partial charge in [-0.05, 0) is 47.2 Å². The van der Waals surface area contributed by atoms with Crippen molar-refractivity contribution in [3.05, 3.63) is 63.6 Å². The van der Waals surface area contributed by atoms with Crippen molar-refractivity contribution in [2.45, 2.75) is 38.0 Å². The Hall–Kier alpha value is -1.84. The van der Waals surface area contributed by atoms with Crippen LogP contribution >= 0.6 is 23.2 Å². The third kappa shape index (κ3) is 2.79. The number of nitrogens with one attached hydrogen (secondary N) is 1. The first kappa shape index (κ1) is 18.5. The monoisotopic (exact) mass is 401 g/mol. The Balaban J connectivity index is 2.00. The smallest absolute Gasteiger partial charge is 0.236 e. The summed E-state index contributed by atoms with van der Waals surface area (Å²) in [5, 5.41) is 4.23. The lowest BCUT2D eigenvalue weighted by Crippen LogP contribution is -2.53. The zero-order chi connectivity index (χ0) is 19.3. The van der Waals surface area contributed by atoms with Crippen molar-refractivity contribution < 1.29 is 9.59 Å². The quantitative estimate of drug-likeness (QED) is 0.711. The third-order valence-electron chi connectivity index (χ3n) is 6.12. The number of amides is 1. The molecule has 0 bridgehead atoms. The number of carbonyl (C=O) groups excluding carboxylic acids is 2. The van der Waals surface area contributed by atoms with E-state index in [2.05, 4.69) is 19.2 Å². The first-order chi connectivity index (χ1) is 12.8. The molecule has 1 amide bonds. The summed E-state index contributed by atoms with van der Waals surface area (Å²) in [6, 6.07) is 13.1. The van der Waals surface area contributed by atoms with Crippen LogP contribution < -0.4 is 5.32 Å². The standard InChI is InChI=1S/C22H21Cl2NO2/c1-12(2)18-10-16(26)11-19(13-4-3-5-14(23)8-13)22(18)17-7-6-15(24)9-20(17)25-21(22)27/h3-9,12,18-19H,10-11H2,1-2H3,(H,25,27)/t18-,19+,22-/m1/s1. The summed E-state index contributed by atoms with van der Waals surface area (Å²) in [5.74, 6) is -0.0313. The van der Waals surface area contributed by atoms with Crippen LogP contribution in [0.3, 0.4) is 0 Å². The zero-order valence-corrected chi connectivity index (χ0v) is 16.8. The molecule has 27 heavy (non-hydrogen) atoms. The predicted octanol–water partition coefficient (Wildman–Crippen LogP) is 5.60. The fraction of sp³-hybridized carbons (Fsp3) is 0.364. The summed E-state index contributed by atoms with van der Waals surface area (Å²) in [6.07, 6.45) is 0.739. The van der Waals surface area contributed by atoms with E-state index in [1.54, 1.807) is 6.07 Å². The van der Waals surface area contributed by atoms with Crippen molar-refractivity contribution in [1.29, 1.82) is 0 Å². The molecule has 2 aliphatic rings. The van der Waals surface area contributed by atoms with Crippen molar-refractivity contribution >= 4 is 40.6 Å². The van der Waals surface area contributed by atoms with E-state index in [1.807, 2.05) is 36.4 Å². The number of hydrogen-bond donors (Lipinski definition) is 1. The van der Waals surface area contributed by atoms with Crippen LogP contribution in [0.15, 0.2) is 42.5 Å². The Morgan fingerprint density at radius 2 is 1.78 bits per heavy atom. The number of carbonyl (C=O) groups is 2. The van der Waals surface area contributed by atoms with Gasteiger partial charge in [0.25, 0.3) is 0 Å². The third-order valence-corrected chi connectivity index (χ3v) is 6.59. The van der Waals surface area contributed by atoms with Gasteiger partial charge in [-0.15, -0.1) is 0 Å². The number of benzene rings is 2. The summed E-state index contributed by atoms with van der Waals surface area (Å²) in [4.78, 5) is 26.2. The fourth-order valence-electron chi connectivity index (χ4n) is 5.04. The maximum atomic E-state index is 13.5. The minimum absolute atomic E-state index is 0.0454. The van der Waals surface area contributed by atoms with Gasteiger partial charge in [0.1, 0.15) is 5.78 Å². The largest absolute Gasteiger partial charge is 0.325 e. The number of Topliss-reactive ketones (excluding diaryl/α,β-unsaturated/α-hetero) is 1. The lowest BCUT2D eigenvalue weighted by Gasteiger charge is -2.47. The second-order valence-corrected chi connectivity index (χ2v) is 8.79. The number of halogens is 2. The SMILES string of the molecule is CC(C)[C@H]1CC(=O)C[C@@H](c2cccc(Cl)c2)[C@]12C(=O)Nc1cc(Cl)ccc12. The Morgan fingerprint density at radius 3 is 2.48 bits per heavy atom. The molecule has 1 spiro atoms. The minimum Gasteiger partial charge on any atom is -0.325 e. The first-order valence-electron chi connectivity index (χ1n) is 9.22. The molecule has 3 atom stereocenters. The summed E-state index contributed by atoms with van der Waals surface area (Å²) >= 11 is 12.4. The Labute approximate surface area is 169 Å². The Kier molecular flexibility index (Phi) is 4.56.